The van der Waals surface area contributed by atoms with Crippen molar-refractivity contribution in [1.82, 2.24) is 5.32 Å². The van der Waals surface area contributed by atoms with Crippen LogP contribution < -0.4 is 10.1 Å². The SMILES string of the molecule is CC(Oc1ccc(Cl)cc1Cl)C(=O)NCC(=O)C(C)(C)C. The first-order chi connectivity index (χ1) is 9.61. The summed E-state index contributed by atoms with van der Waals surface area (Å²) in [4.78, 5) is 23.6. The van der Waals surface area contributed by atoms with Gasteiger partial charge in [-0.05, 0) is 25.1 Å². The summed E-state index contributed by atoms with van der Waals surface area (Å²) in [7, 11) is 0. The van der Waals surface area contributed by atoms with Gasteiger partial charge in [0.25, 0.3) is 5.91 Å². The Kier molecular flexibility index (Phi) is 6.05. The zero-order valence-corrected chi connectivity index (χ0v) is 14.0. The number of ether oxygens (including phenoxy) is 1. The van der Waals surface area contributed by atoms with Gasteiger partial charge in [-0.25, -0.2) is 0 Å². The monoisotopic (exact) mass is 331 g/mol. The summed E-state index contributed by atoms with van der Waals surface area (Å²) in [5.41, 5.74) is -0.489. The normalized spacial score (nSPS) is 12.7. The van der Waals surface area contributed by atoms with Crippen molar-refractivity contribution < 1.29 is 14.3 Å². The van der Waals surface area contributed by atoms with Crippen LogP contribution in [0.25, 0.3) is 0 Å². The molecule has 1 aromatic rings. The van der Waals surface area contributed by atoms with Crippen molar-refractivity contribution in [1.29, 1.82) is 0 Å². The van der Waals surface area contributed by atoms with E-state index in [-0.39, 0.29) is 18.2 Å². The summed E-state index contributed by atoms with van der Waals surface area (Å²) in [6, 6.07) is 4.75. The van der Waals surface area contributed by atoms with Gasteiger partial charge in [0.15, 0.2) is 11.9 Å². The van der Waals surface area contributed by atoms with Gasteiger partial charge < -0.3 is 10.1 Å². The number of halogens is 2. The molecule has 1 amide bonds. The van der Waals surface area contributed by atoms with Crippen LogP contribution in [-0.2, 0) is 9.59 Å². The fourth-order valence-electron chi connectivity index (χ4n) is 1.39. The Morgan fingerprint density at radius 1 is 1.29 bits per heavy atom. The average molecular weight is 332 g/mol. The highest BCUT2D eigenvalue weighted by molar-refractivity contribution is 6.35. The lowest BCUT2D eigenvalue weighted by atomic mass is 9.91. The Balaban J connectivity index is 2.57. The molecule has 0 aliphatic rings. The Labute approximate surface area is 134 Å². The lowest BCUT2D eigenvalue weighted by Gasteiger charge is -2.19. The molecular weight excluding hydrogens is 313 g/mol. The highest BCUT2D eigenvalue weighted by Gasteiger charge is 2.23. The number of nitrogens with one attached hydrogen (secondary N) is 1. The van der Waals surface area contributed by atoms with Gasteiger partial charge in [0.2, 0.25) is 0 Å². The molecule has 1 aromatic carbocycles. The first kappa shape index (κ1) is 17.8. The van der Waals surface area contributed by atoms with Crippen molar-refractivity contribution in [2.75, 3.05) is 6.54 Å². The van der Waals surface area contributed by atoms with Gasteiger partial charge in [-0.3, -0.25) is 9.59 Å². The summed E-state index contributed by atoms with van der Waals surface area (Å²) >= 11 is 11.8. The predicted molar refractivity (Wildman–Crippen MR) is 84.0 cm³/mol. The first-order valence-corrected chi connectivity index (χ1v) is 7.29. The molecule has 0 aliphatic heterocycles. The quantitative estimate of drug-likeness (QED) is 0.898. The molecule has 1 atom stereocenters. The zero-order chi connectivity index (χ0) is 16.2. The summed E-state index contributed by atoms with van der Waals surface area (Å²) in [5.74, 6) is -0.0583. The first-order valence-electron chi connectivity index (χ1n) is 6.54. The lowest BCUT2D eigenvalue weighted by Crippen LogP contribution is -2.41. The van der Waals surface area contributed by atoms with Crippen LogP contribution in [0.5, 0.6) is 5.75 Å². The fourth-order valence-corrected chi connectivity index (χ4v) is 1.84. The van der Waals surface area contributed by atoms with Gasteiger partial charge >= 0.3 is 0 Å². The van der Waals surface area contributed by atoms with Gasteiger partial charge in [-0.2, -0.15) is 0 Å². The maximum atomic E-state index is 11.9. The third-order valence-electron chi connectivity index (χ3n) is 2.83. The van der Waals surface area contributed by atoms with Crippen LogP contribution in [0.4, 0.5) is 0 Å². The third-order valence-corrected chi connectivity index (χ3v) is 3.36. The second-order valence-electron chi connectivity index (χ2n) is 5.73. The van der Waals surface area contributed by atoms with E-state index in [4.69, 9.17) is 27.9 Å². The molecule has 1 rings (SSSR count). The molecular formula is C15H19Cl2NO3. The molecule has 0 saturated heterocycles. The number of ketones is 1. The van der Waals surface area contributed by atoms with Crippen LogP contribution in [0.3, 0.4) is 0 Å². The van der Waals surface area contributed by atoms with E-state index in [1.165, 1.54) is 6.07 Å². The van der Waals surface area contributed by atoms with E-state index >= 15 is 0 Å². The number of Topliss-reactive ketones (excluding diaryl/α,β-unsaturated/α-hetero) is 1. The Morgan fingerprint density at radius 2 is 1.90 bits per heavy atom. The summed E-state index contributed by atoms with van der Waals surface area (Å²) in [6.45, 7) is 6.96. The Bertz CT molecular complexity index is 538. The van der Waals surface area contributed by atoms with Crippen molar-refractivity contribution in [2.45, 2.75) is 33.8 Å². The fraction of sp³-hybridized carbons (Fsp3) is 0.467. The largest absolute Gasteiger partial charge is 0.479 e. The van der Waals surface area contributed by atoms with Crippen LogP contribution in [0.1, 0.15) is 27.7 Å². The molecule has 1 N–H and O–H groups in total. The highest BCUT2D eigenvalue weighted by Crippen LogP contribution is 2.28. The number of benzene rings is 1. The number of hydrogen-bond acceptors (Lipinski definition) is 3. The van der Waals surface area contributed by atoms with Crippen molar-refractivity contribution in [3.8, 4) is 5.75 Å². The van der Waals surface area contributed by atoms with Crippen molar-refractivity contribution in [2.24, 2.45) is 5.41 Å². The predicted octanol–water partition coefficient (Wildman–Crippen LogP) is 3.49. The molecule has 0 bridgehead atoms. The van der Waals surface area contributed by atoms with Crippen LogP contribution in [-0.4, -0.2) is 24.3 Å². The van der Waals surface area contributed by atoms with Crippen molar-refractivity contribution >= 4 is 34.9 Å². The second kappa shape index (κ2) is 7.14. The zero-order valence-electron chi connectivity index (χ0n) is 12.5. The van der Waals surface area contributed by atoms with E-state index in [2.05, 4.69) is 5.32 Å². The topological polar surface area (TPSA) is 55.4 Å². The molecule has 4 nitrogen and oxygen atoms in total. The van der Waals surface area contributed by atoms with E-state index in [0.717, 1.165) is 0 Å². The standard InChI is InChI=1S/C15H19Cl2NO3/c1-9(14(20)18-8-13(19)15(2,3)4)21-12-6-5-10(16)7-11(12)17/h5-7,9H,8H2,1-4H3,(H,18,20). The molecule has 0 spiro atoms. The molecule has 21 heavy (non-hydrogen) atoms. The minimum Gasteiger partial charge on any atom is -0.479 e. The Morgan fingerprint density at radius 3 is 2.43 bits per heavy atom. The molecule has 0 aromatic heterocycles. The summed E-state index contributed by atoms with van der Waals surface area (Å²) in [6.07, 6.45) is -0.767. The van der Waals surface area contributed by atoms with Crippen LogP contribution in [0.15, 0.2) is 18.2 Å². The Hall–Kier alpha value is -1.26. The van der Waals surface area contributed by atoms with Crippen LogP contribution in [0.2, 0.25) is 10.0 Å². The van der Waals surface area contributed by atoms with Crippen LogP contribution >= 0.6 is 23.2 Å². The molecule has 0 radical (unpaired) electrons. The number of carbonyl (C=O) groups excluding carboxylic acids is 2. The molecule has 6 heteroatoms. The average Bonchev–Trinajstić information content (AvgIpc) is 2.37. The van der Waals surface area contributed by atoms with E-state index in [1.807, 2.05) is 0 Å². The number of carbonyl (C=O) groups is 2. The number of amides is 1. The summed E-state index contributed by atoms with van der Waals surface area (Å²) in [5, 5.41) is 3.37. The van der Waals surface area contributed by atoms with Gasteiger partial charge in [0, 0.05) is 10.4 Å². The minimum absolute atomic E-state index is 0.0234. The lowest BCUT2D eigenvalue weighted by molar-refractivity contribution is -0.131. The van der Waals surface area contributed by atoms with E-state index in [0.29, 0.717) is 15.8 Å². The van der Waals surface area contributed by atoms with Gasteiger partial charge in [-0.1, -0.05) is 44.0 Å². The van der Waals surface area contributed by atoms with E-state index < -0.39 is 11.5 Å². The van der Waals surface area contributed by atoms with Crippen molar-refractivity contribution in [3.05, 3.63) is 28.2 Å². The van der Waals surface area contributed by atoms with Gasteiger partial charge in [0.05, 0.1) is 11.6 Å². The molecule has 0 fully saturated rings. The van der Waals surface area contributed by atoms with Gasteiger partial charge in [0.1, 0.15) is 5.75 Å². The van der Waals surface area contributed by atoms with E-state index in [1.54, 1.807) is 39.8 Å². The van der Waals surface area contributed by atoms with Gasteiger partial charge in [-0.15, -0.1) is 0 Å². The maximum absolute atomic E-state index is 11.9. The second-order valence-corrected chi connectivity index (χ2v) is 6.57. The van der Waals surface area contributed by atoms with Crippen LogP contribution in [0, 0.1) is 5.41 Å². The molecule has 1 unspecified atom stereocenters. The maximum Gasteiger partial charge on any atom is 0.261 e. The molecule has 0 saturated carbocycles. The highest BCUT2D eigenvalue weighted by atomic mass is 35.5. The summed E-state index contributed by atoms with van der Waals surface area (Å²) < 4.78 is 5.47. The van der Waals surface area contributed by atoms with Crippen molar-refractivity contribution in [3.63, 3.8) is 0 Å². The smallest absolute Gasteiger partial charge is 0.261 e. The molecule has 0 heterocycles. The third kappa shape index (κ3) is 5.56. The molecule has 0 aliphatic carbocycles. The number of hydrogen-bond donors (Lipinski definition) is 1. The van der Waals surface area contributed by atoms with E-state index in [9.17, 15) is 9.59 Å². The minimum atomic E-state index is -0.767. The molecule has 116 valence electrons. The number of rotatable bonds is 5.